The molecule has 1 unspecified atom stereocenters. The average Bonchev–Trinajstić information content (AvgIpc) is 3.07. The van der Waals surface area contributed by atoms with Crippen molar-refractivity contribution < 1.29 is 27.5 Å². The van der Waals surface area contributed by atoms with Crippen LogP contribution in [0.3, 0.4) is 0 Å². The molecule has 1 aromatic carbocycles. The van der Waals surface area contributed by atoms with Gasteiger partial charge in [-0.15, -0.1) is 11.3 Å². The highest BCUT2D eigenvalue weighted by molar-refractivity contribution is 7.07. The summed E-state index contributed by atoms with van der Waals surface area (Å²) >= 11 is 1.16. The Kier molecular flexibility index (Phi) is 6.23. The minimum Gasteiger partial charge on any atom is -0.378 e. The van der Waals surface area contributed by atoms with Gasteiger partial charge in [-0.3, -0.25) is 9.59 Å². The van der Waals surface area contributed by atoms with Crippen molar-refractivity contribution in [3.63, 3.8) is 0 Å². The number of alkyl halides is 3. The third-order valence-corrected chi connectivity index (χ3v) is 5.58. The molecule has 1 atom stereocenters. The summed E-state index contributed by atoms with van der Waals surface area (Å²) in [6.07, 6.45) is -4.55. The first kappa shape index (κ1) is 21.3. The predicted molar refractivity (Wildman–Crippen MR) is 100 cm³/mol. The van der Waals surface area contributed by atoms with Crippen LogP contribution in [0.4, 0.5) is 13.2 Å². The van der Waals surface area contributed by atoms with Crippen LogP contribution in [0, 0.1) is 6.92 Å². The molecule has 1 aromatic heterocycles. The Hall–Kier alpha value is -2.46. The summed E-state index contributed by atoms with van der Waals surface area (Å²) in [4.78, 5) is 31.3. The Morgan fingerprint density at radius 2 is 1.93 bits per heavy atom. The van der Waals surface area contributed by atoms with Gasteiger partial charge in [0.25, 0.3) is 5.91 Å². The van der Waals surface area contributed by atoms with E-state index in [0.717, 1.165) is 29.2 Å². The number of carbonyl (C=O) groups is 2. The van der Waals surface area contributed by atoms with Crippen LogP contribution in [0.25, 0.3) is 0 Å². The van der Waals surface area contributed by atoms with Crippen LogP contribution in [0.5, 0.6) is 0 Å². The molecule has 1 aliphatic rings. The van der Waals surface area contributed by atoms with Crippen molar-refractivity contribution in [1.29, 1.82) is 0 Å². The number of nitrogens with zero attached hydrogens (tertiary/aromatic N) is 3. The van der Waals surface area contributed by atoms with Crippen molar-refractivity contribution in [2.75, 3.05) is 26.3 Å². The Morgan fingerprint density at radius 3 is 2.59 bits per heavy atom. The van der Waals surface area contributed by atoms with E-state index >= 15 is 0 Å². The maximum atomic E-state index is 12.9. The van der Waals surface area contributed by atoms with Gasteiger partial charge in [-0.2, -0.15) is 18.2 Å². The third kappa shape index (κ3) is 4.76. The van der Waals surface area contributed by atoms with E-state index < -0.39 is 23.7 Å². The molecular weight excluding hydrogens is 407 g/mol. The molecule has 0 N–H and O–H groups in total. The molecule has 0 aliphatic carbocycles. The molecule has 156 valence electrons. The van der Waals surface area contributed by atoms with Gasteiger partial charge in [0, 0.05) is 29.7 Å². The molecule has 0 bridgehead atoms. The van der Waals surface area contributed by atoms with E-state index in [4.69, 9.17) is 4.74 Å². The van der Waals surface area contributed by atoms with E-state index in [0.29, 0.717) is 26.3 Å². The molecule has 1 aliphatic heterocycles. The fourth-order valence-corrected chi connectivity index (χ4v) is 4.03. The number of amides is 2. The number of thiazole rings is 1. The van der Waals surface area contributed by atoms with Gasteiger partial charge in [0.15, 0.2) is 4.80 Å². The largest absolute Gasteiger partial charge is 0.416 e. The fraction of sp³-hybridized carbons (Fsp3) is 0.421. The van der Waals surface area contributed by atoms with Crippen molar-refractivity contribution in [2.45, 2.75) is 26.1 Å². The lowest BCUT2D eigenvalue weighted by atomic mass is 10.1. The van der Waals surface area contributed by atoms with Crippen molar-refractivity contribution in [2.24, 2.45) is 4.99 Å². The SMILES string of the molecule is Cc1csc(=NC(=O)c2cccc(C(F)(F)F)c2)n1C(C)C(=O)N1CCOCC1. The van der Waals surface area contributed by atoms with Gasteiger partial charge in [0.05, 0.1) is 18.8 Å². The number of ether oxygens (including phenoxy) is 1. The molecule has 1 saturated heterocycles. The Morgan fingerprint density at radius 1 is 1.24 bits per heavy atom. The number of aryl methyl sites for hydroxylation is 1. The first-order valence-electron chi connectivity index (χ1n) is 8.98. The molecule has 2 amide bonds. The lowest BCUT2D eigenvalue weighted by Gasteiger charge is -2.30. The second kappa shape index (κ2) is 8.50. The lowest BCUT2D eigenvalue weighted by Crippen LogP contribution is -2.45. The van der Waals surface area contributed by atoms with Gasteiger partial charge in [0.1, 0.15) is 6.04 Å². The highest BCUT2D eigenvalue weighted by atomic mass is 32.1. The third-order valence-electron chi connectivity index (χ3n) is 4.62. The average molecular weight is 427 g/mol. The molecule has 3 rings (SSSR count). The molecule has 0 spiro atoms. The summed E-state index contributed by atoms with van der Waals surface area (Å²) in [7, 11) is 0. The summed E-state index contributed by atoms with van der Waals surface area (Å²) in [6.45, 7) is 5.41. The molecule has 1 fully saturated rings. The highest BCUT2D eigenvalue weighted by Gasteiger charge is 2.31. The predicted octanol–water partition coefficient (Wildman–Crippen LogP) is 3.04. The van der Waals surface area contributed by atoms with Crippen LogP contribution in [-0.4, -0.2) is 47.6 Å². The van der Waals surface area contributed by atoms with E-state index in [1.165, 1.54) is 12.1 Å². The van der Waals surface area contributed by atoms with Crippen LogP contribution in [0.15, 0.2) is 34.6 Å². The zero-order valence-electron chi connectivity index (χ0n) is 15.9. The van der Waals surface area contributed by atoms with Crippen molar-refractivity contribution >= 4 is 23.2 Å². The number of rotatable bonds is 3. The van der Waals surface area contributed by atoms with Crippen molar-refractivity contribution in [3.05, 3.63) is 51.3 Å². The molecule has 2 aromatic rings. The summed E-state index contributed by atoms with van der Waals surface area (Å²) in [5.74, 6) is -0.916. The van der Waals surface area contributed by atoms with Gasteiger partial charge in [-0.05, 0) is 32.0 Å². The van der Waals surface area contributed by atoms with Crippen molar-refractivity contribution in [3.8, 4) is 0 Å². The van der Waals surface area contributed by atoms with Crippen LogP contribution < -0.4 is 4.80 Å². The van der Waals surface area contributed by atoms with Gasteiger partial charge in [-0.1, -0.05) is 6.07 Å². The molecule has 0 radical (unpaired) electrons. The molecule has 2 heterocycles. The maximum absolute atomic E-state index is 12.9. The molecule has 10 heteroatoms. The van der Waals surface area contributed by atoms with Gasteiger partial charge < -0.3 is 14.2 Å². The van der Waals surface area contributed by atoms with E-state index in [-0.39, 0.29) is 16.3 Å². The number of halogens is 3. The topological polar surface area (TPSA) is 63.9 Å². The van der Waals surface area contributed by atoms with Crippen LogP contribution in [-0.2, 0) is 15.7 Å². The standard InChI is InChI=1S/C19H20F3N3O3S/c1-12-11-29-18(25(12)13(2)17(27)24-6-8-28-9-7-24)23-16(26)14-4-3-5-15(10-14)19(20,21)22/h3-5,10-11,13H,6-9H2,1-2H3. The molecular formula is C19H20F3N3O3S. The minimum absolute atomic E-state index is 0.122. The first-order valence-corrected chi connectivity index (χ1v) is 9.86. The van der Waals surface area contributed by atoms with Crippen LogP contribution in [0.1, 0.15) is 34.6 Å². The first-order chi connectivity index (χ1) is 13.7. The zero-order valence-corrected chi connectivity index (χ0v) is 16.7. The number of morpholine rings is 1. The number of carbonyl (C=O) groups excluding carboxylic acids is 2. The van der Waals surface area contributed by atoms with Crippen molar-refractivity contribution in [1.82, 2.24) is 9.47 Å². The van der Waals surface area contributed by atoms with Crippen LogP contribution >= 0.6 is 11.3 Å². The summed E-state index contributed by atoms with van der Waals surface area (Å²) in [5, 5.41) is 1.75. The minimum atomic E-state index is -4.55. The summed E-state index contributed by atoms with van der Waals surface area (Å²) in [5.41, 5.74) is -0.339. The van der Waals surface area contributed by atoms with Gasteiger partial charge >= 0.3 is 6.18 Å². The number of benzene rings is 1. The zero-order chi connectivity index (χ0) is 21.2. The number of aromatic nitrogens is 1. The Bertz CT molecular complexity index is 975. The van der Waals surface area contributed by atoms with Gasteiger partial charge in [0.2, 0.25) is 5.91 Å². The maximum Gasteiger partial charge on any atom is 0.416 e. The normalized spacial score (nSPS) is 16.7. The van der Waals surface area contributed by atoms with E-state index in [9.17, 15) is 22.8 Å². The van der Waals surface area contributed by atoms with E-state index in [1.807, 2.05) is 0 Å². The smallest absolute Gasteiger partial charge is 0.378 e. The monoisotopic (exact) mass is 427 g/mol. The molecule has 29 heavy (non-hydrogen) atoms. The Labute approximate surface area is 169 Å². The molecule has 0 saturated carbocycles. The lowest BCUT2D eigenvalue weighted by molar-refractivity contribution is -0.138. The van der Waals surface area contributed by atoms with E-state index in [1.54, 1.807) is 28.7 Å². The second-order valence-corrected chi connectivity index (χ2v) is 7.48. The summed E-state index contributed by atoms with van der Waals surface area (Å²) < 4.78 is 45.6. The van der Waals surface area contributed by atoms with Crippen LogP contribution in [0.2, 0.25) is 0 Å². The molecule has 6 nitrogen and oxygen atoms in total. The van der Waals surface area contributed by atoms with Gasteiger partial charge in [-0.25, -0.2) is 0 Å². The quantitative estimate of drug-likeness (QED) is 0.757. The highest BCUT2D eigenvalue weighted by Crippen LogP contribution is 2.29. The second-order valence-electron chi connectivity index (χ2n) is 6.64. The van der Waals surface area contributed by atoms with E-state index in [2.05, 4.69) is 4.99 Å². The Balaban J connectivity index is 1.91. The summed E-state index contributed by atoms with van der Waals surface area (Å²) in [6, 6.07) is 3.53. The number of hydrogen-bond donors (Lipinski definition) is 0. The fourth-order valence-electron chi connectivity index (χ4n) is 3.09. The number of hydrogen-bond acceptors (Lipinski definition) is 4.